The van der Waals surface area contributed by atoms with E-state index in [0.29, 0.717) is 13.0 Å². The van der Waals surface area contributed by atoms with Crippen LogP contribution in [0.15, 0.2) is 60.8 Å². The number of nitrogens with one attached hydrogen (secondary N) is 2. The van der Waals surface area contributed by atoms with Crippen molar-refractivity contribution in [1.29, 1.82) is 0 Å². The first-order valence-electron chi connectivity index (χ1n) is 9.35. The molecule has 1 unspecified atom stereocenters. The van der Waals surface area contributed by atoms with Crippen molar-refractivity contribution in [3.63, 3.8) is 0 Å². The topological polar surface area (TPSA) is 61.0 Å². The molecule has 1 atom stereocenters. The molecule has 5 heteroatoms. The Bertz CT molecular complexity index is 919. The van der Waals surface area contributed by atoms with Crippen molar-refractivity contribution in [1.82, 2.24) is 20.4 Å². The normalized spacial score (nSPS) is 18.1. The van der Waals surface area contributed by atoms with E-state index in [1.165, 1.54) is 11.1 Å². The van der Waals surface area contributed by atoms with Gasteiger partial charge in [0.05, 0.1) is 11.9 Å². The third kappa shape index (κ3) is 3.93. The van der Waals surface area contributed by atoms with Gasteiger partial charge in [0.15, 0.2) is 0 Å². The molecule has 1 aliphatic rings. The molecule has 3 aromatic rings. The van der Waals surface area contributed by atoms with Crippen LogP contribution in [-0.2, 0) is 11.3 Å². The van der Waals surface area contributed by atoms with Gasteiger partial charge in [-0.3, -0.25) is 14.8 Å². The molecule has 1 fully saturated rings. The van der Waals surface area contributed by atoms with Crippen LogP contribution in [0.1, 0.15) is 29.2 Å². The number of aromatic nitrogens is 2. The Hall–Kier alpha value is -2.92. The van der Waals surface area contributed by atoms with Gasteiger partial charge in [-0.05, 0) is 18.6 Å². The van der Waals surface area contributed by atoms with E-state index < -0.39 is 0 Å². The molecule has 0 spiro atoms. The molecule has 2 N–H and O–H groups in total. The number of carbonyl (C=O) groups excluding carboxylic acids is 1. The lowest BCUT2D eigenvalue weighted by Crippen LogP contribution is -2.30. The summed E-state index contributed by atoms with van der Waals surface area (Å²) >= 11 is 0. The van der Waals surface area contributed by atoms with Gasteiger partial charge < -0.3 is 5.32 Å². The van der Waals surface area contributed by atoms with Crippen molar-refractivity contribution in [2.75, 3.05) is 13.1 Å². The Morgan fingerprint density at radius 1 is 1.15 bits per heavy atom. The van der Waals surface area contributed by atoms with E-state index in [9.17, 15) is 4.79 Å². The monoisotopic (exact) mass is 360 g/mol. The number of benzene rings is 2. The van der Waals surface area contributed by atoms with Crippen molar-refractivity contribution in [2.24, 2.45) is 0 Å². The summed E-state index contributed by atoms with van der Waals surface area (Å²) in [7, 11) is 0. The average molecular weight is 360 g/mol. The lowest BCUT2D eigenvalue weighted by molar-refractivity contribution is -0.121. The molecule has 27 heavy (non-hydrogen) atoms. The highest BCUT2D eigenvalue weighted by Crippen LogP contribution is 2.30. The molecule has 1 amide bonds. The summed E-state index contributed by atoms with van der Waals surface area (Å²) in [5.74, 6) is 0.109. The van der Waals surface area contributed by atoms with Gasteiger partial charge in [0.2, 0.25) is 5.91 Å². The van der Waals surface area contributed by atoms with E-state index in [4.69, 9.17) is 0 Å². The smallest absolute Gasteiger partial charge is 0.221 e. The molecular formula is C22H24N4O. The maximum atomic E-state index is 12.2. The van der Waals surface area contributed by atoms with Gasteiger partial charge in [-0.1, -0.05) is 54.1 Å². The lowest BCUT2D eigenvalue weighted by atomic mass is 10.0. The number of hydrogen-bond donors (Lipinski definition) is 2. The van der Waals surface area contributed by atoms with Gasteiger partial charge in [0.25, 0.3) is 0 Å². The Morgan fingerprint density at radius 3 is 2.81 bits per heavy atom. The molecule has 2 aromatic carbocycles. The van der Waals surface area contributed by atoms with Crippen LogP contribution in [0.5, 0.6) is 0 Å². The highest BCUT2D eigenvalue weighted by molar-refractivity contribution is 5.77. The van der Waals surface area contributed by atoms with Crippen molar-refractivity contribution in [3.8, 4) is 11.3 Å². The van der Waals surface area contributed by atoms with E-state index in [1.807, 2.05) is 24.4 Å². The second-order valence-corrected chi connectivity index (χ2v) is 7.09. The summed E-state index contributed by atoms with van der Waals surface area (Å²) in [6.07, 6.45) is 2.38. The summed E-state index contributed by atoms with van der Waals surface area (Å²) < 4.78 is 0. The quantitative estimate of drug-likeness (QED) is 0.749. The van der Waals surface area contributed by atoms with Gasteiger partial charge in [-0.25, -0.2) is 0 Å². The summed E-state index contributed by atoms with van der Waals surface area (Å²) in [4.78, 5) is 14.6. The van der Waals surface area contributed by atoms with Crippen LogP contribution in [0.25, 0.3) is 11.3 Å². The molecule has 0 aliphatic carbocycles. The molecule has 4 rings (SSSR count). The second kappa shape index (κ2) is 7.76. The van der Waals surface area contributed by atoms with Crippen LogP contribution in [0.2, 0.25) is 0 Å². The van der Waals surface area contributed by atoms with Crippen LogP contribution >= 0.6 is 0 Å². The molecule has 1 aliphatic heterocycles. The van der Waals surface area contributed by atoms with Crippen molar-refractivity contribution >= 4 is 5.91 Å². The maximum absolute atomic E-state index is 12.2. The van der Waals surface area contributed by atoms with Crippen LogP contribution in [0.4, 0.5) is 0 Å². The summed E-state index contributed by atoms with van der Waals surface area (Å²) in [5, 5.41) is 10.5. The first kappa shape index (κ1) is 17.5. The SMILES string of the molecule is Cc1cccc(-c2[nH]ncc2CN2CCNC(=O)CC2c2ccccc2)c1. The predicted molar refractivity (Wildman–Crippen MR) is 106 cm³/mol. The fraction of sp³-hybridized carbons (Fsp3) is 0.273. The van der Waals surface area contributed by atoms with E-state index >= 15 is 0 Å². The van der Waals surface area contributed by atoms with Crippen molar-refractivity contribution in [3.05, 3.63) is 77.5 Å². The number of carbonyl (C=O) groups is 1. The third-order valence-electron chi connectivity index (χ3n) is 5.12. The number of hydrogen-bond acceptors (Lipinski definition) is 3. The Kier molecular flexibility index (Phi) is 5.03. The number of rotatable bonds is 4. The zero-order valence-electron chi connectivity index (χ0n) is 15.5. The molecule has 2 heterocycles. The largest absolute Gasteiger partial charge is 0.355 e. The minimum atomic E-state index is 0.0639. The summed E-state index contributed by atoms with van der Waals surface area (Å²) in [6.45, 7) is 4.31. The lowest BCUT2D eigenvalue weighted by Gasteiger charge is -2.29. The van der Waals surface area contributed by atoms with Crippen LogP contribution < -0.4 is 5.32 Å². The van der Waals surface area contributed by atoms with Crippen molar-refractivity contribution < 1.29 is 4.79 Å². The zero-order chi connectivity index (χ0) is 18.6. The summed E-state index contributed by atoms with van der Waals surface area (Å²) in [5.41, 5.74) is 5.74. The molecule has 0 bridgehead atoms. The van der Waals surface area contributed by atoms with Gasteiger partial charge in [0, 0.05) is 43.2 Å². The van der Waals surface area contributed by atoms with Crippen molar-refractivity contribution in [2.45, 2.75) is 25.9 Å². The molecular weight excluding hydrogens is 336 g/mol. The number of aromatic amines is 1. The van der Waals surface area contributed by atoms with Crippen LogP contribution in [0.3, 0.4) is 0 Å². The predicted octanol–water partition coefficient (Wildman–Crippen LogP) is 3.45. The third-order valence-corrected chi connectivity index (χ3v) is 5.12. The number of nitrogens with zero attached hydrogens (tertiary/aromatic N) is 2. The standard InChI is InChI=1S/C22H24N4O/c1-16-6-5-9-18(12-16)22-19(14-24-25-22)15-26-11-10-23-21(27)13-20(26)17-7-3-2-4-8-17/h2-9,12,14,20H,10-11,13,15H2,1H3,(H,23,27)(H,24,25). The van der Waals surface area contributed by atoms with E-state index in [2.05, 4.69) is 63.7 Å². The summed E-state index contributed by atoms with van der Waals surface area (Å²) in [6, 6.07) is 18.8. The first-order chi connectivity index (χ1) is 13.2. The van der Waals surface area contributed by atoms with Gasteiger partial charge in [-0.2, -0.15) is 5.10 Å². The highest BCUT2D eigenvalue weighted by atomic mass is 16.1. The van der Waals surface area contributed by atoms with Gasteiger partial charge in [0.1, 0.15) is 0 Å². The molecule has 1 saturated heterocycles. The molecule has 0 radical (unpaired) electrons. The fourth-order valence-corrected chi connectivity index (χ4v) is 3.77. The minimum absolute atomic E-state index is 0.0639. The van der Waals surface area contributed by atoms with Gasteiger partial charge >= 0.3 is 0 Å². The molecule has 1 aromatic heterocycles. The molecule has 0 saturated carbocycles. The average Bonchev–Trinajstić information content (AvgIpc) is 3.06. The van der Waals surface area contributed by atoms with E-state index in [-0.39, 0.29) is 11.9 Å². The number of H-pyrrole nitrogens is 1. The molecule has 138 valence electrons. The minimum Gasteiger partial charge on any atom is -0.355 e. The highest BCUT2D eigenvalue weighted by Gasteiger charge is 2.27. The zero-order valence-corrected chi connectivity index (χ0v) is 15.5. The fourth-order valence-electron chi connectivity index (χ4n) is 3.77. The molecule has 5 nitrogen and oxygen atoms in total. The Balaban J connectivity index is 1.64. The Labute approximate surface area is 159 Å². The second-order valence-electron chi connectivity index (χ2n) is 7.09. The maximum Gasteiger partial charge on any atom is 0.221 e. The van der Waals surface area contributed by atoms with Gasteiger partial charge in [-0.15, -0.1) is 0 Å². The first-order valence-corrected chi connectivity index (χ1v) is 9.35. The number of amides is 1. The Morgan fingerprint density at radius 2 is 2.00 bits per heavy atom. The van der Waals surface area contributed by atoms with E-state index in [0.717, 1.165) is 29.9 Å². The van der Waals surface area contributed by atoms with Crippen LogP contribution in [0, 0.1) is 6.92 Å². The number of aryl methyl sites for hydroxylation is 1. The van der Waals surface area contributed by atoms with E-state index in [1.54, 1.807) is 0 Å². The van der Waals surface area contributed by atoms with Crippen LogP contribution in [-0.4, -0.2) is 34.1 Å².